The van der Waals surface area contributed by atoms with Crippen molar-refractivity contribution in [1.29, 1.82) is 0 Å². The van der Waals surface area contributed by atoms with Crippen LogP contribution in [0.2, 0.25) is 0 Å². The van der Waals surface area contributed by atoms with Gasteiger partial charge in [0.05, 0.1) is 6.21 Å². The van der Waals surface area contributed by atoms with Gasteiger partial charge in [-0.1, -0.05) is 0 Å². The monoisotopic (exact) mass is 271 g/mol. The molecule has 102 valence electrons. The number of imide groups is 1. The first kappa shape index (κ1) is 12.5. The Bertz CT molecular complexity index is 643. The molecule has 3 amide bonds. The number of dihydropyridines is 1. The van der Waals surface area contributed by atoms with Gasteiger partial charge < -0.3 is 5.32 Å². The number of carbonyl (C=O) groups excluding carboxylic acids is 2. The fraction of sp³-hybridized carbons (Fsp3) is 0.286. The summed E-state index contributed by atoms with van der Waals surface area (Å²) in [5.41, 5.74) is 3.08. The quantitative estimate of drug-likeness (QED) is 0.721. The van der Waals surface area contributed by atoms with Crippen LogP contribution in [-0.2, 0) is 4.79 Å². The van der Waals surface area contributed by atoms with Crippen LogP contribution in [0.5, 0.6) is 0 Å². The van der Waals surface area contributed by atoms with Gasteiger partial charge in [0.1, 0.15) is 12.1 Å². The fourth-order valence-electron chi connectivity index (χ4n) is 2.49. The third-order valence-electron chi connectivity index (χ3n) is 3.32. The maximum Gasteiger partial charge on any atom is 0.323 e. The summed E-state index contributed by atoms with van der Waals surface area (Å²) in [5.74, 6) is -0.793. The average molecular weight is 271 g/mol. The van der Waals surface area contributed by atoms with E-state index in [9.17, 15) is 9.59 Å². The second-order valence-electron chi connectivity index (χ2n) is 5.10. The normalized spacial score (nSPS) is 24.6. The number of pyridine rings is 1. The molecule has 0 aliphatic carbocycles. The number of urea groups is 1. The van der Waals surface area contributed by atoms with E-state index in [2.05, 4.69) is 21.7 Å². The van der Waals surface area contributed by atoms with Crippen LogP contribution in [0.15, 0.2) is 29.5 Å². The Morgan fingerprint density at radius 2 is 1.90 bits per heavy atom. The first-order chi connectivity index (χ1) is 9.52. The van der Waals surface area contributed by atoms with Gasteiger partial charge >= 0.3 is 6.03 Å². The van der Waals surface area contributed by atoms with Crippen LogP contribution in [0.25, 0.3) is 5.70 Å². The molecule has 0 saturated carbocycles. The zero-order chi connectivity index (χ0) is 14.3. The van der Waals surface area contributed by atoms with E-state index in [1.165, 1.54) is 0 Å². The first-order valence-corrected chi connectivity index (χ1v) is 6.39. The summed E-state index contributed by atoms with van der Waals surface area (Å²) in [6.07, 6.45) is 6.95. The van der Waals surface area contributed by atoms with Gasteiger partial charge in [-0.25, -0.2) is 4.79 Å². The average Bonchev–Trinajstić information content (AvgIpc) is 2.37. The Hall–Kier alpha value is -2.50. The van der Waals surface area contributed by atoms with Crippen LogP contribution in [0.3, 0.4) is 0 Å². The highest BCUT2D eigenvalue weighted by molar-refractivity contribution is 6.05. The largest absolute Gasteiger partial charge is 0.323 e. The van der Waals surface area contributed by atoms with Gasteiger partial charge in [-0.15, -0.1) is 0 Å². The molecule has 2 aliphatic heterocycles. The highest BCUT2D eigenvalue weighted by atomic mass is 16.2. The summed E-state index contributed by atoms with van der Waals surface area (Å²) in [6, 6.07) is 1.58. The van der Waals surface area contributed by atoms with Crippen molar-refractivity contribution in [2.24, 2.45) is 10.9 Å². The Labute approximate surface area is 116 Å². The smallest absolute Gasteiger partial charge is 0.315 e. The minimum Gasteiger partial charge on any atom is -0.315 e. The van der Waals surface area contributed by atoms with Crippen LogP contribution in [0.1, 0.15) is 11.1 Å². The highest BCUT2D eigenvalue weighted by Crippen LogP contribution is 2.18. The number of rotatable bonds is 1. The maximum atomic E-state index is 11.9. The lowest BCUT2D eigenvalue weighted by atomic mass is 9.99. The summed E-state index contributed by atoms with van der Waals surface area (Å²) in [7, 11) is 0. The van der Waals surface area contributed by atoms with Crippen molar-refractivity contribution in [2.75, 3.05) is 0 Å². The van der Waals surface area contributed by atoms with Crippen molar-refractivity contribution in [1.82, 2.24) is 10.6 Å². The zero-order valence-electron chi connectivity index (χ0n) is 11.3. The lowest BCUT2D eigenvalue weighted by molar-refractivity contribution is -0.576. The molecule has 6 heteroatoms. The molecule has 2 N–H and O–H groups in total. The van der Waals surface area contributed by atoms with Gasteiger partial charge in [-0.3, -0.25) is 15.1 Å². The molecule has 3 rings (SSSR count). The molecule has 1 aromatic rings. The Kier molecular flexibility index (Phi) is 2.85. The van der Waals surface area contributed by atoms with E-state index in [1.54, 1.807) is 6.21 Å². The number of aliphatic imine (C=N–C) groups is 1. The Morgan fingerprint density at radius 3 is 2.60 bits per heavy atom. The van der Waals surface area contributed by atoms with Crippen LogP contribution in [-0.4, -0.2) is 24.3 Å². The number of aryl methyl sites for hydroxylation is 2. The van der Waals surface area contributed by atoms with Crippen LogP contribution in [0.4, 0.5) is 4.79 Å². The lowest BCUT2D eigenvalue weighted by Crippen LogP contribution is -2.58. The van der Waals surface area contributed by atoms with Crippen LogP contribution >= 0.6 is 0 Å². The molecular weight excluding hydrogens is 256 g/mol. The second-order valence-corrected chi connectivity index (χ2v) is 5.10. The van der Waals surface area contributed by atoms with Crippen molar-refractivity contribution in [3.8, 4) is 0 Å². The van der Waals surface area contributed by atoms with Crippen LogP contribution < -0.4 is 15.2 Å². The van der Waals surface area contributed by atoms with E-state index >= 15 is 0 Å². The number of hydrogen-bond donors (Lipinski definition) is 2. The number of allylic oxidation sites excluding steroid dienone is 1. The third-order valence-corrected chi connectivity index (χ3v) is 3.32. The minimum atomic E-state index is -0.508. The molecule has 0 spiro atoms. The Balaban J connectivity index is 1.96. The maximum absolute atomic E-state index is 11.9. The fourth-order valence-corrected chi connectivity index (χ4v) is 2.49. The van der Waals surface area contributed by atoms with Crippen molar-refractivity contribution in [3.05, 3.63) is 35.7 Å². The molecule has 0 radical (unpaired) electrons. The molecule has 0 bridgehead atoms. The van der Waals surface area contributed by atoms with E-state index in [0.717, 1.165) is 16.8 Å². The molecule has 1 fully saturated rings. The third kappa shape index (κ3) is 2.20. The Morgan fingerprint density at radius 1 is 1.20 bits per heavy atom. The SMILES string of the molecule is Cc1cc(C)c[n+](C2=CC3C(=O)NC(=O)NC3N=C2)c1. The molecule has 20 heavy (non-hydrogen) atoms. The van der Waals surface area contributed by atoms with Crippen molar-refractivity contribution < 1.29 is 14.2 Å². The van der Waals surface area contributed by atoms with E-state index in [0.29, 0.717) is 0 Å². The summed E-state index contributed by atoms with van der Waals surface area (Å²) >= 11 is 0. The van der Waals surface area contributed by atoms with E-state index < -0.39 is 18.1 Å². The van der Waals surface area contributed by atoms with Crippen LogP contribution in [0, 0.1) is 19.8 Å². The number of nitrogens with one attached hydrogen (secondary N) is 2. The molecule has 3 heterocycles. The molecule has 2 atom stereocenters. The molecule has 6 nitrogen and oxygen atoms in total. The number of hydrogen-bond acceptors (Lipinski definition) is 3. The summed E-state index contributed by atoms with van der Waals surface area (Å²) in [6.45, 7) is 4.03. The van der Waals surface area contributed by atoms with Crippen molar-refractivity contribution in [2.45, 2.75) is 20.0 Å². The second kappa shape index (κ2) is 4.56. The van der Waals surface area contributed by atoms with Gasteiger partial charge in [0, 0.05) is 17.2 Å². The molecule has 0 aromatic carbocycles. The van der Waals surface area contributed by atoms with Gasteiger partial charge in [0.15, 0.2) is 12.4 Å². The summed E-state index contributed by atoms with van der Waals surface area (Å²) in [4.78, 5) is 27.3. The number of carbonyl (C=O) groups is 2. The van der Waals surface area contributed by atoms with Crippen molar-refractivity contribution in [3.63, 3.8) is 0 Å². The predicted octanol–water partition coefficient (Wildman–Crippen LogP) is 0.298. The van der Waals surface area contributed by atoms with E-state index in [1.807, 2.05) is 36.9 Å². The summed E-state index contributed by atoms with van der Waals surface area (Å²) in [5, 5.41) is 4.88. The standard InChI is InChI=1S/C14H14N4O2/c1-8-3-9(2)7-18(6-8)10-4-11-12(15-5-10)16-14(20)17-13(11)19/h3-7,11-12H,1-2H3,(H-,16,17,19,20)/p+1. The zero-order valence-corrected chi connectivity index (χ0v) is 11.3. The van der Waals surface area contributed by atoms with Gasteiger partial charge in [0.2, 0.25) is 11.6 Å². The minimum absolute atomic E-state index is 0.321. The number of amides is 3. The van der Waals surface area contributed by atoms with Gasteiger partial charge in [0.25, 0.3) is 0 Å². The number of nitrogens with zero attached hydrogens (tertiary/aromatic N) is 2. The lowest BCUT2D eigenvalue weighted by Gasteiger charge is -2.28. The highest BCUT2D eigenvalue weighted by Gasteiger charge is 2.37. The van der Waals surface area contributed by atoms with Gasteiger partial charge in [-0.2, -0.15) is 4.57 Å². The van der Waals surface area contributed by atoms with Crippen molar-refractivity contribution >= 4 is 23.8 Å². The number of aromatic nitrogens is 1. The first-order valence-electron chi connectivity index (χ1n) is 6.39. The molecule has 1 saturated heterocycles. The topological polar surface area (TPSA) is 74.4 Å². The molecule has 1 aromatic heterocycles. The summed E-state index contributed by atoms with van der Waals surface area (Å²) < 4.78 is 1.94. The van der Waals surface area contributed by atoms with E-state index in [4.69, 9.17) is 0 Å². The molecular formula is C14H15N4O2+. The molecule has 2 unspecified atom stereocenters. The van der Waals surface area contributed by atoms with Gasteiger partial charge in [-0.05, 0) is 19.9 Å². The molecule has 2 aliphatic rings. The van der Waals surface area contributed by atoms with E-state index in [-0.39, 0.29) is 5.91 Å². The number of fused-ring (bicyclic) bond motifs is 1. The predicted molar refractivity (Wildman–Crippen MR) is 72.8 cm³/mol.